The van der Waals surface area contributed by atoms with E-state index >= 15 is 4.39 Å². The Morgan fingerprint density at radius 2 is 1.90 bits per heavy atom. The predicted octanol–water partition coefficient (Wildman–Crippen LogP) is 3.86. The van der Waals surface area contributed by atoms with Crippen molar-refractivity contribution in [2.24, 2.45) is 5.73 Å². The van der Waals surface area contributed by atoms with Crippen molar-refractivity contribution < 1.29 is 9.18 Å². The third-order valence-electron chi connectivity index (χ3n) is 4.49. The summed E-state index contributed by atoms with van der Waals surface area (Å²) in [5.41, 5.74) is 7.01. The van der Waals surface area contributed by atoms with Crippen molar-refractivity contribution in [1.82, 2.24) is 20.0 Å². The standard InChI is InChI=1S/C20H15Cl2FN6O/c21-16-9-15(12-4-2-1-3-5-12)20(23,24)10-14(16)19(30)28-13-8-17(22)18(25-11-13)29-26-6-7-27-29/h1-9,11H,10,24H2,(H,28,30). The van der Waals surface area contributed by atoms with E-state index in [-0.39, 0.29) is 27.6 Å². The Hall–Kier alpha value is -3.07. The Kier molecular flexibility index (Phi) is 5.38. The molecule has 10 heteroatoms. The quantitative estimate of drug-likeness (QED) is 0.595. The lowest BCUT2D eigenvalue weighted by Gasteiger charge is -2.29. The summed E-state index contributed by atoms with van der Waals surface area (Å²) in [4.78, 5) is 18.1. The van der Waals surface area contributed by atoms with Gasteiger partial charge in [0.05, 0.1) is 29.3 Å². The maximum atomic E-state index is 15.2. The molecule has 3 N–H and O–H groups in total. The first-order chi connectivity index (χ1) is 14.3. The van der Waals surface area contributed by atoms with Crippen molar-refractivity contribution in [3.05, 3.63) is 82.3 Å². The highest BCUT2D eigenvalue weighted by atomic mass is 35.5. The number of nitrogens with one attached hydrogen (secondary N) is 1. The zero-order valence-corrected chi connectivity index (χ0v) is 16.9. The van der Waals surface area contributed by atoms with E-state index in [1.54, 1.807) is 24.3 Å². The molecule has 2 heterocycles. The second-order valence-electron chi connectivity index (χ2n) is 6.59. The number of alkyl halides is 1. The van der Waals surface area contributed by atoms with E-state index in [9.17, 15) is 4.79 Å². The van der Waals surface area contributed by atoms with E-state index in [2.05, 4.69) is 20.5 Å². The summed E-state index contributed by atoms with van der Waals surface area (Å²) < 4.78 is 15.2. The first kappa shape index (κ1) is 20.2. The first-order valence-electron chi connectivity index (χ1n) is 8.83. The third-order valence-corrected chi connectivity index (χ3v) is 5.10. The van der Waals surface area contributed by atoms with E-state index in [1.807, 2.05) is 6.07 Å². The second kappa shape index (κ2) is 7.98. The molecule has 30 heavy (non-hydrogen) atoms. The van der Waals surface area contributed by atoms with Crippen molar-refractivity contribution in [1.29, 1.82) is 0 Å². The molecule has 0 radical (unpaired) electrons. The van der Waals surface area contributed by atoms with Crippen molar-refractivity contribution >= 4 is 40.4 Å². The molecule has 0 aliphatic heterocycles. The van der Waals surface area contributed by atoms with E-state index < -0.39 is 11.7 Å². The number of hydrogen-bond acceptors (Lipinski definition) is 5. The summed E-state index contributed by atoms with van der Waals surface area (Å²) in [6.07, 6.45) is 5.36. The number of rotatable bonds is 4. The van der Waals surface area contributed by atoms with Gasteiger partial charge in [0.1, 0.15) is 0 Å². The number of pyridine rings is 1. The zero-order chi connectivity index (χ0) is 21.3. The highest BCUT2D eigenvalue weighted by Crippen LogP contribution is 2.39. The Morgan fingerprint density at radius 3 is 2.57 bits per heavy atom. The lowest BCUT2D eigenvalue weighted by atomic mass is 9.86. The SMILES string of the molecule is NC1(F)CC(C(=O)Nc2cnc(-n3nccn3)c(Cl)c2)=C(Cl)C=C1c1ccccc1. The average molecular weight is 445 g/mol. The molecule has 7 nitrogen and oxygen atoms in total. The minimum absolute atomic E-state index is 0.0234. The average Bonchev–Trinajstić information content (AvgIpc) is 3.24. The minimum atomic E-state index is -2.25. The molecule has 4 rings (SSSR count). The van der Waals surface area contributed by atoms with Crippen LogP contribution in [0.3, 0.4) is 0 Å². The van der Waals surface area contributed by atoms with Gasteiger partial charge >= 0.3 is 0 Å². The van der Waals surface area contributed by atoms with Crippen LogP contribution in [-0.2, 0) is 4.79 Å². The van der Waals surface area contributed by atoms with Gasteiger partial charge in [0, 0.05) is 22.6 Å². The van der Waals surface area contributed by atoms with Gasteiger partial charge in [0.25, 0.3) is 5.91 Å². The van der Waals surface area contributed by atoms with E-state index in [4.69, 9.17) is 28.9 Å². The monoisotopic (exact) mass is 444 g/mol. The van der Waals surface area contributed by atoms with Crippen LogP contribution in [0.25, 0.3) is 11.4 Å². The Morgan fingerprint density at radius 1 is 1.20 bits per heavy atom. The molecular formula is C20H15Cl2FN6O. The van der Waals surface area contributed by atoms with Crippen LogP contribution in [0.1, 0.15) is 12.0 Å². The van der Waals surface area contributed by atoms with Crippen LogP contribution in [0.15, 0.2) is 71.7 Å². The number of halogens is 3. The highest BCUT2D eigenvalue weighted by molar-refractivity contribution is 6.35. The van der Waals surface area contributed by atoms with Crippen molar-refractivity contribution in [2.45, 2.75) is 12.2 Å². The Labute approximate surface area is 181 Å². The first-order valence-corrected chi connectivity index (χ1v) is 9.58. The van der Waals surface area contributed by atoms with Gasteiger partial charge in [-0.1, -0.05) is 53.5 Å². The number of amides is 1. The molecule has 1 amide bonds. The summed E-state index contributed by atoms with van der Waals surface area (Å²) in [6, 6.07) is 10.3. The fourth-order valence-electron chi connectivity index (χ4n) is 3.08. The smallest absolute Gasteiger partial charge is 0.253 e. The number of hydrogen-bond donors (Lipinski definition) is 2. The Bertz CT molecular complexity index is 1160. The summed E-state index contributed by atoms with van der Waals surface area (Å²) >= 11 is 12.5. The topological polar surface area (TPSA) is 98.7 Å². The molecule has 1 aliphatic carbocycles. The Balaban J connectivity index is 1.59. The van der Waals surface area contributed by atoms with Gasteiger partial charge in [0.2, 0.25) is 0 Å². The van der Waals surface area contributed by atoms with E-state index in [1.165, 1.54) is 35.5 Å². The number of benzene rings is 1. The lowest BCUT2D eigenvalue weighted by Crippen LogP contribution is -2.40. The van der Waals surface area contributed by atoms with Crippen LogP contribution in [-0.4, -0.2) is 31.7 Å². The van der Waals surface area contributed by atoms with Crippen LogP contribution >= 0.6 is 23.2 Å². The lowest BCUT2D eigenvalue weighted by molar-refractivity contribution is -0.113. The van der Waals surface area contributed by atoms with Crippen molar-refractivity contribution in [2.75, 3.05) is 5.32 Å². The second-order valence-corrected chi connectivity index (χ2v) is 7.41. The van der Waals surface area contributed by atoms with Crippen molar-refractivity contribution in [3.63, 3.8) is 0 Å². The molecule has 3 aromatic rings. The van der Waals surface area contributed by atoms with Crippen LogP contribution in [0.5, 0.6) is 0 Å². The molecule has 0 saturated carbocycles. The van der Waals surface area contributed by atoms with Gasteiger partial charge in [0.15, 0.2) is 11.6 Å². The zero-order valence-electron chi connectivity index (χ0n) is 15.4. The number of anilines is 1. The number of allylic oxidation sites excluding steroid dienone is 2. The molecule has 152 valence electrons. The summed E-state index contributed by atoms with van der Waals surface area (Å²) in [7, 11) is 0. The molecule has 0 spiro atoms. The molecule has 1 aromatic carbocycles. The molecule has 0 bridgehead atoms. The molecule has 1 atom stereocenters. The van der Waals surface area contributed by atoms with Crippen LogP contribution in [0.4, 0.5) is 10.1 Å². The number of carbonyl (C=O) groups is 1. The molecule has 0 fully saturated rings. The molecule has 1 aliphatic rings. The molecule has 1 unspecified atom stereocenters. The summed E-state index contributed by atoms with van der Waals surface area (Å²) in [6.45, 7) is 0. The number of carbonyl (C=O) groups excluding carboxylic acids is 1. The normalized spacial score (nSPS) is 18.9. The summed E-state index contributed by atoms with van der Waals surface area (Å²) in [5.74, 6) is -2.55. The third kappa shape index (κ3) is 3.97. The van der Waals surface area contributed by atoms with Crippen LogP contribution < -0.4 is 11.1 Å². The maximum absolute atomic E-state index is 15.2. The van der Waals surface area contributed by atoms with E-state index in [0.717, 1.165) is 0 Å². The van der Waals surface area contributed by atoms with Gasteiger partial charge in [-0.05, 0) is 17.7 Å². The number of nitrogens with two attached hydrogens (primary N) is 1. The van der Waals surface area contributed by atoms with Crippen LogP contribution in [0.2, 0.25) is 5.02 Å². The van der Waals surface area contributed by atoms with Gasteiger partial charge in [-0.25, -0.2) is 9.37 Å². The maximum Gasteiger partial charge on any atom is 0.253 e. The predicted molar refractivity (Wildman–Crippen MR) is 113 cm³/mol. The minimum Gasteiger partial charge on any atom is -0.321 e. The van der Waals surface area contributed by atoms with E-state index in [0.29, 0.717) is 17.1 Å². The van der Waals surface area contributed by atoms with Crippen LogP contribution in [0, 0.1) is 0 Å². The fraction of sp³-hybridized carbons (Fsp3) is 0.100. The number of aromatic nitrogens is 4. The van der Waals surface area contributed by atoms with Gasteiger partial charge in [-0.15, -0.1) is 4.80 Å². The molecule has 0 saturated heterocycles. The van der Waals surface area contributed by atoms with Crippen molar-refractivity contribution in [3.8, 4) is 5.82 Å². The fourth-order valence-corrected chi connectivity index (χ4v) is 3.58. The number of nitrogens with zero attached hydrogens (tertiary/aromatic N) is 4. The largest absolute Gasteiger partial charge is 0.321 e. The molecular weight excluding hydrogens is 430 g/mol. The molecule has 2 aromatic heterocycles. The van der Waals surface area contributed by atoms with Gasteiger partial charge < -0.3 is 5.32 Å². The highest BCUT2D eigenvalue weighted by Gasteiger charge is 2.37. The van der Waals surface area contributed by atoms with Gasteiger partial charge in [-0.2, -0.15) is 10.2 Å². The van der Waals surface area contributed by atoms with Gasteiger partial charge in [-0.3, -0.25) is 10.5 Å². The summed E-state index contributed by atoms with van der Waals surface area (Å²) in [5, 5.41) is 10.9.